The van der Waals surface area contributed by atoms with E-state index in [2.05, 4.69) is 10.6 Å². The topological polar surface area (TPSA) is 41.1 Å². The van der Waals surface area contributed by atoms with Crippen LogP contribution in [-0.4, -0.2) is 19.0 Å². The molecule has 0 unspecified atom stereocenters. The summed E-state index contributed by atoms with van der Waals surface area (Å²) in [5, 5.41) is 5.81. The Morgan fingerprint density at radius 1 is 1.56 bits per heavy atom. The summed E-state index contributed by atoms with van der Waals surface area (Å²) < 4.78 is 13.2. The van der Waals surface area contributed by atoms with Crippen LogP contribution < -0.4 is 10.6 Å². The number of hydrogen-bond donors (Lipinski definition) is 2. The van der Waals surface area contributed by atoms with Crippen LogP contribution in [0.3, 0.4) is 0 Å². The lowest BCUT2D eigenvalue weighted by molar-refractivity contribution is -0.117. The van der Waals surface area contributed by atoms with Gasteiger partial charge < -0.3 is 10.6 Å². The first kappa shape index (κ1) is 11.1. The van der Waals surface area contributed by atoms with E-state index in [1.54, 1.807) is 19.1 Å². The van der Waals surface area contributed by atoms with Crippen LogP contribution in [0.5, 0.6) is 0 Å². The van der Waals surface area contributed by atoms with Crippen LogP contribution in [-0.2, 0) is 4.79 Å². The van der Waals surface area contributed by atoms with Gasteiger partial charge in [0.15, 0.2) is 0 Å². The first-order valence-corrected chi connectivity index (χ1v) is 5.42. The molecular formula is C12H15FN2O. The van der Waals surface area contributed by atoms with Crippen LogP contribution in [0, 0.1) is 18.7 Å². The molecule has 2 N–H and O–H groups in total. The Kier molecular flexibility index (Phi) is 3.19. The number of hydrogen-bond acceptors (Lipinski definition) is 2. The van der Waals surface area contributed by atoms with E-state index in [1.165, 1.54) is 6.07 Å². The van der Waals surface area contributed by atoms with Crippen molar-refractivity contribution < 1.29 is 9.18 Å². The molecule has 2 rings (SSSR count). The second-order valence-electron chi connectivity index (χ2n) is 4.24. The Bertz CT molecular complexity index is 402. The lowest BCUT2D eigenvalue weighted by Crippen LogP contribution is -2.43. The van der Waals surface area contributed by atoms with Crippen molar-refractivity contribution in [2.24, 2.45) is 5.92 Å². The highest BCUT2D eigenvalue weighted by molar-refractivity contribution is 5.90. The summed E-state index contributed by atoms with van der Waals surface area (Å²) >= 11 is 0. The standard InChI is InChI=1S/C12H15FN2O/c1-8-2-3-10(5-11(8)13)15-12(16)4-9-6-14-7-9/h2-3,5,9,14H,4,6-7H2,1H3,(H,15,16). The van der Waals surface area contributed by atoms with E-state index in [4.69, 9.17) is 0 Å². The number of halogens is 1. The molecule has 1 amide bonds. The number of nitrogens with one attached hydrogen (secondary N) is 2. The van der Waals surface area contributed by atoms with E-state index < -0.39 is 0 Å². The van der Waals surface area contributed by atoms with Crippen LogP contribution in [0.15, 0.2) is 18.2 Å². The summed E-state index contributed by atoms with van der Waals surface area (Å²) in [6.07, 6.45) is 0.502. The zero-order valence-electron chi connectivity index (χ0n) is 9.22. The van der Waals surface area contributed by atoms with Crippen molar-refractivity contribution in [3.63, 3.8) is 0 Å². The van der Waals surface area contributed by atoms with Crippen molar-refractivity contribution in [3.05, 3.63) is 29.6 Å². The third-order valence-electron chi connectivity index (χ3n) is 2.80. The van der Waals surface area contributed by atoms with Crippen molar-refractivity contribution in [1.29, 1.82) is 0 Å². The highest BCUT2D eigenvalue weighted by atomic mass is 19.1. The highest BCUT2D eigenvalue weighted by Gasteiger charge is 2.20. The van der Waals surface area contributed by atoms with Crippen LogP contribution in [0.4, 0.5) is 10.1 Å². The maximum absolute atomic E-state index is 13.2. The lowest BCUT2D eigenvalue weighted by Gasteiger charge is -2.26. The summed E-state index contributed by atoms with van der Waals surface area (Å²) in [5.74, 6) is 0.0909. The van der Waals surface area contributed by atoms with Crippen molar-refractivity contribution in [2.45, 2.75) is 13.3 Å². The van der Waals surface area contributed by atoms with Gasteiger partial charge >= 0.3 is 0 Å². The van der Waals surface area contributed by atoms with Crippen LogP contribution in [0.2, 0.25) is 0 Å². The predicted molar refractivity (Wildman–Crippen MR) is 60.7 cm³/mol. The third kappa shape index (κ3) is 2.58. The molecule has 0 aromatic heterocycles. The first-order chi connectivity index (χ1) is 7.65. The summed E-state index contributed by atoms with van der Waals surface area (Å²) in [6, 6.07) is 4.73. The van der Waals surface area contributed by atoms with Crippen molar-refractivity contribution >= 4 is 11.6 Å². The fourth-order valence-electron chi connectivity index (χ4n) is 1.64. The number of aryl methyl sites for hydroxylation is 1. The van der Waals surface area contributed by atoms with Gasteiger partial charge in [-0.1, -0.05) is 6.07 Å². The Hall–Kier alpha value is -1.42. The molecule has 1 aliphatic rings. The maximum Gasteiger partial charge on any atom is 0.224 e. The number of benzene rings is 1. The fourth-order valence-corrected chi connectivity index (χ4v) is 1.64. The average Bonchev–Trinajstić information content (AvgIpc) is 2.18. The Morgan fingerprint density at radius 2 is 2.31 bits per heavy atom. The SMILES string of the molecule is Cc1ccc(NC(=O)CC2CNC2)cc1F. The molecule has 0 radical (unpaired) electrons. The number of carbonyl (C=O) groups excluding carboxylic acids is 1. The minimum Gasteiger partial charge on any atom is -0.326 e. The molecule has 0 bridgehead atoms. The smallest absolute Gasteiger partial charge is 0.224 e. The first-order valence-electron chi connectivity index (χ1n) is 5.42. The van der Waals surface area contributed by atoms with Gasteiger partial charge in [-0.2, -0.15) is 0 Å². The monoisotopic (exact) mass is 222 g/mol. The summed E-state index contributed by atoms with van der Waals surface area (Å²) in [6.45, 7) is 3.49. The molecule has 1 aliphatic heterocycles. The zero-order chi connectivity index (χ0) is 11.5. The molecule has 1 aromatic rings. The van der Waals surface area contributed by atoms with Gasteiger partial charge in [-0.15, -0.1) is 0 Å². The second-order valence-corrected chi connectivity index (χ2v) is 4.24. The summed E-state index contributed by atoms with van der Waals surface area (Å²) in [7, 11) is 0. The molecule has 0 saturated carbocycles. The number of rotatable bonds is 3. The van der Waals surface area contributed by atoms with E-state index in [9.17, 15) is 9.18 Å². The highest BCUT2D eigenvalue weighted by Crippen LogP contribution is 2.15. The van der Waals surface area contributed by atoms with E-state index in [-0.39, 0.29) is 11.7 Å². The molecule has 1 heterocycles. The van der Waals surface area contributed by atoms with Gasteiger partial charge in [0, 0.05) is 12.1 Å². The molecule has 16 heavy (non-hydrogen) atoms. The van der Waals surface area contributed by atoms with Gasteiger partial charge in [-0.05, 0) is 43.6 Å². The third-order valence-corrected chi connectivity index (χ3v) is 2.80. The molecule has 86 valence electrons. The maximum atomic E-state index is 13.2. The second kappa shape index (κ2) is 4.61. The van der Waals surface area contributed by atoms with E-state index in [0.29, 0.717) is 23.6 Å². The molecule has 4 heteroatoms. The Labute approximate surface area is 94.0 Å². The number of carbonyl (C=O) groups is 1. The van der Waals surface area contributed by atoms with E-state index >= 15 is 0 Å². The molecule has 1 saturated heterocycles. The van der Waals surface area contributed by atoms with Gasteiger partial charge in [0.2, 0.25) is 5.91 Å². The van der Waals surface area contributed by atoms with Crippen molar-refractivity contribution in [3.8, 4) is 0 Å². The van der Waals surface area contributed by atoms with Crippen molar-refractivity contribution in [1.82, 2.24) is 5.32 Å². The molecule has 1 fully saturated rings. The molecule has 3 nitrogen and oxygen atoms in total. The lowest BCUT2D eigenvalue weighted by atomic mass is 9.99. The quantitative estimate of drug-likeness (QED) is 0.817. The summed E-state index contributed by atoms with van der Waals surface area (Å²) in [5.41, 5.74) is 1.11. The number of amides is 1. The summed E-state index contributed by atoms with van der Waals surface area (Å²) in [4.78, 5) is 11.6. The van der Waals surface area contributed by atoms with Gasteiger partial charge in [0.25, 0.3) is 0 Å². The molecule has 0 aliphatic carbocycles. The predicted octanol–water partition coefficient (Wildman–Crippen LogP) is 1.68. The van der Waals surface area contributed by atoms with Crippen LogP contribution >= 0.6 is 0 Å². The van der Waals surface area contributed by atoms with Gasteiger partial charge in [-0.3, -0.25) is 4.79 Å². The van der Waals surface area contributed by atoms with Gasteiger partial charge in [0.1, 0.15) is 5.82 Å². The molecule has 0 spiro atoms. The normalized spacial score (nSPS) is 15.6. The Balaban J connectivity index is 1.92. The largest absolute Gasteiger partial charge is 0.326 e. The number of anilines is 1. The molecule has 1 aromatic carbocycles. The van der Waals surface area contributed by atoms with Crippen molar-refractivity contribution in [2.75, 3.05) is 18.4 Å². The average molecular weight is 222 g/mol. The van der Waals surface area contributed by atoms with E-state index in [0.717, 1.165) is 13.1 Å². The fraction of sp³-hybridized carbons (Fsp3) is 0.417. The Morgan fingerprint density at radius 3 is 2.88 bits per heavy atom. The van der Waals surface area contributed by atoms with E-state index in [1.807, 2.05) is 0 Å². The van der Waals surface area contributed by atoms with Gasteiger partial charge in [0.05, 0.1) is 0 Å². The molecular weight excluding hydrogens is 207 g/mol. The zero-order valence-corrected chi connectivity index (χ0v) is 9.22. The molecule has 0 atom stereocenters. The van der Waals surface area contributed by atoms with Crippen LogP contribution in [0.25, 0.3) is 0 Å². The van der Waals surface area contributed by atoms with Crippen LogP contribution in [0.1, 0.15) is 12.0 Å². The minimum atomic E-state index is -0.289. The van der Waals surface area contributed by atoms with Gasteiger partial charge in [-0.25, -0.2) is 4.39 Å². The minimum absolute atomic E-state index is 0.0465.